The molecule has 1 saturated carbocycles. The predicted molar refractivity (Wildman–Crippen MR) is 89.3 cm³/mol. The van der Waals surface area contributed by atoms with Gasteiger partial charge >= 0.3 is 5.97 Å². The summed E-state index contributed by atoms with van der Waals surface area (Å²) in [6.45, 7) is 4.58. The number of nitrogens with one attached hydrogen (secondary N) is 1. The average Bonchev–Trinajstić information content (AvgIpc) is 2.46. The summed E-state index contributed by atoms with van der Waals surface area (Å²) in [7, 11) is 0. The second-order valence-electron chi connectivity index (χ2n) is 5.90. The number of hydrogen-bond acceptors (Lipinski definition) is 3. The number of halogens is 1. The van der Waals surface area contributed by atoms with Crippen LogP contribution in [-0.2, 0) is 9.53 Å². The minimum Gasteiger partial charge on any atom is -0.464 e. The van der Waals surface area contributed by atoms with Gasteiger partial charge in [0, 0.05) is 10.2 Å². The van der Waals surface area contributed by atoms with Gasteiger partial charge < -0.3 is 10.1 Å². The lowest BCUT2D eigenvalue weighted by molar-refractivity contribution is -0.145. The van der Waals surface area contributed by atoms with E-state index < -0.39 is 0 Å². The Morgan fingerprint density at radius 2 is 2.10 bits per heavy atom. The van der Waals surface area contributed by atoms with Crippen molar-refractivity contribution in [3.8, 4) is 0 Å². The zero-order chi connectivity index (χ0) is 15.2. The number of ether oxygens (including phenoxy) is 1. The van der Waals surface area contributed by atoms with Crippen molar-refractivity contribution in [2.45, 2.75) is 45.6 Å². The molecule has 1 fully saturated rings. The fourth-order valence-corrected chi connectivity index (χ4v) is 3.38. The molecule has 0 amide bonds. The van der Waals surface area contributed by atoms with E-state index in [0.717, 1.165) is 28.9 Å². The van der Waals surface area contributed by atoms with Crippen LogP contribution in [0.2, 0.25) is 0 Å². The van der Waals surface area contributed by atoms with Crippen molar-refractivity contribution in [2.75, 3.05) is 11.9 Å². The molecular weight excluding hydrogens is 330 g/mol. The number of rotatable bonds is 5. The van der Waals surface area contributed by atoms with E-state index in [1.54, 1.807) is 0 Å². The van der Waals surface area contributed by atoms with Gasteiger partial charge in [0.15, 0.2) is 0 Å². The first-order chi connectivity index (χ1) is 10.1. The van der Waals surface area contributed by atoms with E-state index in [1.807, 2.05) is 31.2 Å². The van der Waals surface area contributed by atoms with Gasteiger partial charge in [0.2, 0.25) is 0 Å². The molecule has 0 bridgehead atoms. The van der Waals surface area contributed by atoms with Crippen LogP contribution in [0.3, 0.4) is 0 Å². The van der Waals surface area contributed by atoms with Crippen molar-refractivity contribution >= 4 is 27.6 Å². The van der Waals surface area contributed by atoms with Gasteiger partial charge in [-0.1, -0.05) is 41.8 Å². The molecule has 21 heavy (non-hydrogen) atoms. The molecule has 0 aliphatic heterocycles. The third kappa shape index (κ3) is 4.73. The fraction of sp³-hybridized carbons (Fsp3) is 0.588. The molecule has 0 saturated heterocycles. The van der Waals surface area contributed by atoms with Gasteiger partial charge in [-0.2, -0.15) is 0 Å². The Labute approximate surface area is 135 Å². The van der Waals surface area contributed by atoms with E-state index in [2.05, 4.69) is 28.2 Å². The maximum Gasteiger partial charge on any atom is 0.328 e. The lowest BCUT2D eigenvalue weighted by Crippen LogP contribution is -2.40. The first-order valence-corrected chi connectivity index (χ1v) is 8.58. The molecule has 1 aromatic carbocycles. The molecular formula is C17H24BrNO2. The van der Waals surface area contributed by atoms with Gasteiger partial charge in [0.25, 0.3) is 0 Å². The van der Waals surface area contributed by atoms with Crippen LogP contribution in [-0.4, -0.2) is 18.6 Å². The van der Waals surface area contributed by atoms with E-state index in [9.17, 15) is 4.79 Å². The summed E-state index contributed by atoms with van der Waals surface area (Å²) in [4.78, 5) is 12.3. The predicted octanol–water partition coefficient (Wildman–Crippen LogP) is 4.62. The minimum atomic E-state index is -0.244. The maximum atomic E-state index is 12.3. The van der Waals surface area contributed by atoms with Crippen LogP contribution in [0.25, 0.3) is 0 Å². The van der Waals surface area contributed by atoms with Crippen LogP contribution in [0.15, 0.2) is 28.7 Å². The third-order valence-electron chi connectivity index (χ3n) is 4.22. The van der Waals surface area contributed by atoms with Crippen LogP contribution in [0.1, 0.15) is 39.5 Å². The number of hydrogen-bond donors (Lipinski definition) is 1. The summed E-state index contributed by atoms with van der Waals surface area (Å²) < 4.78 is 6.28. The van der Waals surface area contributed by atoms with Crippen molar-refractivity contribution in [3.63, 3.8) is 0 Å². The Balaban J connectivity index is 2.10. The number of carbonyl (C=O) groups excluding carboxylic acids is 1. The summed E-state index contributed by atoms with van der Waals surface area (Å²) in [5, 5.41) is 3.38. The van der Waals surface area contributed by atoms with E-state index in [-0.39, 0.29) is 12.0 Å². The third-order valence-corrected chi connectivity index (χ3v) is 4.71. The molecule has 0 spiro atoms. The molecule has 1 aliphatic carbocycles. The highest BCUT2D eigenvalue weighted by atomic mass is 79.9. The molecule has 116 valence electrons. The van der Waals surface area contributed by atoms with Gasteiger partial charge in [0.1, 0.15) is 6.04 Å². The Kier molecular flexibility index (Phi) is 6.09. The van der Waals surface area contributed by atoms with Crippen molar-refractivity contribution in [3.05, 3.63) is 28.7 Å². The number of carbonyl (C=O) groups is 1. The second kappa shape index (κ2) is 7.83. The molecule has 0 radical (unpaired) electrons. The first kappa shape index (κ1) is 16.3. The van der Waals surface area contributed by atoms with Crippen molar-refractivity contribution in [1.82, 2.24) is 0 Å². The molecule has 3 nitrogen and oxygen atoms in total. The summed E-state index contributed by atoms with van der Waals surface area (Å²) in [5.74, 6) is 1.01. The summed E-state index contributed by atoms with van der Waals surface area (Å²) in [6, 6.07) is 7.69. The molecule has 0 heterocycles. The smallest absolute Gasteiger partial charge is 0.328 e. The van der Waals surface area contributed by atoms with Gasteiger partial charge in [-0.15, -0.1) is 0 Å². The number of anilines is 1. The van der Waals surface area contributed by atoms with Gasteiger partial charge in [-0.3, -0.25) is 0 Å². The minimum absolute atomic E-state index is 0.128. The zero-order valence-corrected chi connectivity index (χ0v) is 14.4. The first-order valence-electron chi connectivity index (χ1n) is 7.79. The molecule has 1 unspecified atom stereocenters. The van der Waals surface area contributed by atoms with Crippen molar-refractivity contribution in [2.24, 2.45) is 11.8 Å². The molecule has 1 aliphatic rings. The van der Waals surface area contributed by atoms with Crippen LogP contribution < -0.4 is 5.32 Å². The van der Waals surface area contributed by atoms with Crippen molar-refractivity contribution in [1.29, 1.82) is 0 Å². The Bertz CT molecular complexity index is 470. The van der Waals surface area contributed by atoms with Crippen molar-refractivity contribution < 1.29 is 9.53 Å². The molecule has 0 aromatic heterocycles. The Hall–Kier alpha value is -1.03. The molecule has 1 atom stereocenters. The SMILES string of the molecule is CCOC(=O)C(Nc1cccc(Br)c1)C1CCC(C)CC1. The summed E-state index contributed by atoms with van der Waals surface area (Å²) in [6.07, 6.45) is 4.57. The van der Waals surface area contributed by atoms with Gasteiger partial charge in [0.05, 0.1) is 6.61 Å². The molecule has 4 heteroatoms. The van der Waals surface area contributed by atoms with Crippen LogP contribution in [0, 0.1) is 11.8 Å². The van der Waals surface area contributed by atoms with E-state index >= 15 is 0 Å². The van der Waals surface area contributed by atoms with Crippen LogP contribution in [0.4, 0.5) is 5.69 Å². The van der Waals surface area contributed by atoms with Gasteiger partial charge in [-0.05, 0) is 49.8 Å². The lowest BCUT2D eigenvalue weighted by atomic mass is 9.79. The maximum absolute atomic E-state index is 12.3. The quantitative estimate of drug-likeness (QED) is 0.784. The monoisotopic (exact) mass is 353 g/mol. The number of benzene rings is 1. The molecule has 2 rings (SSSR count). The molecule has 1 aromatic rings. The van der Waals surface area contributed by atoms with E-state index in [0.29, 0.717) is 12.5 Å². The lowest BCUT2D eigenvalue weighted by Gasteiger charge is -2.32. The Morgan fingerprint density at radius 3 is 2.71 bits per heavy atom. The second-order valence-corrected chi connectivity index (χ2v) is 6.82. The topological polar surface area (TPSA) is 38.3 Å². The average molecular weight is 354 g/mol. The number of esters is 1. The fourth-order valence-electron chi connectivity index (χ4n) is 2.98. The highest BCUT2D eigenvalue weighted by molar-refractivity contribution is 9.10. The van der Waals surface area contributed by atoms with E-state index in [1.165, 1.54) is 12.8 Å². The van der Waals surface area contributed by atoms with Gasteiger partial charge in [-0.25, -0.2) is 4.79 Å². The standard InChI is InChI=1S/C17H24BrNO2/c1-3-21-17(20)16(13-9-7-12(2)8-10-13)19-15-6-4-5-14(18)11-15/h4-6,11-13,16,19H,3,7-10H2,1-2H3. The Morgan fingerprint density at radius 1 is 1.38 bits per heavy atom. The van der Waals surface area contributed by atoms with Crippen LogP contribution in [0.5, 0.6) is 0 Å². The summed E-state index contributed by atoms with van der Waals surface area (Å²) >= 11 is 3.47. The van der Waals surface area contributed by atoms with Crippen LogP contribution >= 0.6 is 15.9 Å². The summed E-state index contributed by atoms with van der Waals surface area (Å²) in [5.41, 5.74) is 0.959. The highest BCUT2D eigenvalue weighted by Crippen LogP contribution is 2.32. The molecule has 1 N–H and O–H groups in total. The largest absolute Gasteiger partial charge is 0.464 e. The highest BCUT2D eigenvalue weighted by Gasteiger charge is 2.32. The zero-order valence-electron chi connectivity index (χ0n) is 12.8. The van der Waals surface area contributed by atoms with E-state index in [4.69, 9.17) is 4.74 Å². The normalized spacial score (nSPS) is 23.4.